The van der Waals surface area contributed by atoms with Crippen LogP contribution in [0.5, 0.6) is 0 Å². The van der Waals surface area contributed by atoms with Crippen LogP contribution in [0, 0.1) is 3.70 Å². The molecule has 0 fully saturated rings. The van der Waals surface area contributed by atoms with Crippen molar-refractivity contribution in [3.8, 4) is 0 Å². The van der Waals surface area contributed by atoms with E-state index in [1.165, 1.54) is 0 Å². The third kappa shape index (κ3) is 2.31. The maximum atomic E-state index is 11.7. The topological polar surface area (TPSA) is 58.2 Å². The number of ether oxygens (including phenoxy) is 1. The summed E-state index contributed by atoms with van der Waals surface area (Å²) in [5.74, 6) is 0. The number of fused-ring (bicyclic) bond motifs is 1. The maximum absolute atomic E-state index is 11.7. The molecule has 2 rings (SSSR count). The Morgan fingerprint density at radius 3 is 3.12 bits per heavy atom. The molecule has 0 unspecified atom stereocenters. The van der Waals surface area contributed by atoms with Crippen LogP contribution >= 0.6 is 22.6 Å². The summed E-state index contributed by atoms with van der Waals surface area (Å²) >= 11 is 2.17. The zero-order valence-electron chi connectivity index (χ0n) is 9.12. The fraction of sp³-hybridized carbons (Fsp3) is 0.600. The second kappa shape index (κ2) is 5.03. The predicted octanol–water partition coefficient (Wildman–Crippen LogP) is 2.27. The van der Waals surface area contributed by atoms with E-state index in [0.29, 0.717) is 19.7 Å². The van der Waals surface area contributed by atoms with Gasteiger partial charge in [-0.3, -0.25) is 10.00 Å². The molecule has 1 aliphatic heterocycles. The number of aromatic nitrogens is 2. The molecule has 88 valence electrons. The zero-order valence-corrected chi connectivity index (χ0v) is 11.3. The second-order valence-electron chi connectivity index (χ2n) is 3.80. The van der Waals surface area contributed by atoms with E-state index in [1.54, 1.807) is 4.90 Å². The Morgan fingerprint density at radius 2 is 2.44 bits per heavy atom. The Hall–Kier alpha value is -0.790. The molecule has 1 aromatic heterocycles. The first-order valence-electron chi connectivity index (χ1n) is 5.35. The lowest BCUT2D eigenvalue weighted by Gasteiger charge is -2.15. The lowest BCUT2D eigenvalue weighted by atomic mass is 10.3. The second-order valence-corrected chi connectivity index (χ2v) is 4.82. The number of carbonyl (C=O) groups is 1. The SMILES string of the molecule is CCCCOC(=O)N1Cc2[nH]nc(I)c2C1. The molecule has 0 aromatic carbocycles. The molecule has 0 radical (unpaired) electrons. The summed E-state index contributed by atoms with van der Waals surface area (Å²) in [5, 5.41) is 7.02. The van der Waals surface area contributed by atoms with Crippen LogP contribution in [0.15, 0.2) is 0 Å². The normalized spacial score (nSPS) is 14.0. The van der Waals surface area contributed by atoms with Gasteiger partial charge in [0.25, 0.3) is 0 Å². The van der Waals surface area contributed by atoms with Gasteiger partial charge < -0.3 is 4.74 Å². The average molecular weight is 335 g/mol. The number of hydrogen-bond donors (Lipinski definition) is 1. The van der Waals surface area contributed by atoms with Crippen molar-refractivity contribution in [3.05, 3.63) is 15.0 Å². The van der Waals surface area contributed by atoms with Gasteiger partial charge in [-0.1, -0.05) is 13.3 Å². The Kier molecular flexibility index (Phi) is 3.67. The van der Waals surface area contributed by atoms with Crippen LogP contribution in [-0.2, 0) is 17.8 Å². The summed E-state index contributed by atoms with van der Waals surface area (Å²) in [6.45, 7) is 3.77. The third-order valence-electron chi connectivity index (χ3n) is 2.58. The highest BCUT2D eigenvalue weighted by Gasteiger charge is 2.28. The molecule has 16 heavy (non-hydrogen) atoms. The number of rotatable bonds is 3. The summed E-state index contributed by atoms with van der Waals surface area (Å²) in [4.78, 5) is 13.4. The van der Waals surface area contributed by atoms with E-state index in [1.807, 2.05) is 0 Å². The van der Waals surface area contributed by atoms with Gasteiger partial charge in [0, 0.05) is 5.56 Å². The molecular weight excluding hydrogens is 321 g/mol. The number of halogens is 1. The van der Waals surface area contributed by atoms with Crippen molar-refractivity contribution < 1.29 is 9.53 Å². The monoisotopic (exact) mass is 335 g/mol. The highest BCUT2D eigenvalue weighted by molar-refractivity contribution is 14.1. The maximum Gasteiger partial charge on any atom is 0.410 e. The Bertz CT molecular complexity index is 391. The van der Waals surface area contributed by atoms with E-state index in [9.17, 15) is 4.79 Å². The minimum atomic E-state index is -0.228. The summed E-state index contributed by atoms with van der Waals surface area (Å²) in [6, 6.07) is 0. The van der Waals surface area contributed by atoms with Crippen molar-refractivity contribution in [1.29, 1.82) is 0 Å². The van der Waals surface area contributed by atoms with Crippen molar-refractivity contribution in [2.45, 2.75) is 32.9 Å². The molecule has 1 amide bonds. The van der Waals surface area contributed by atoms with Crippen LogP contribution in [0.25, 0.3) is 0 Å². The first kappa shape index (κ1) is 11.7. The summed E-state index contributed by atoms with van der Waals surface area (Å²) in [5.41, 5.74) is 2.14. The van der Waals surface area contributed by atoms with E-state index in [4.69, 9.17) is 4.74 Å². The van der Waals surface area contributed by atoms with Gasteiger partial charge in [-0.25, -0.2) is 4.79 Å². The number of nitrogens with zero attached hydrogens (tertiary/aromatic N) is 2. The van der Waals surface area contributed by atoms with Gasteiger partial charge in [-0.05, 0) is 29.0 Å². The Balaban J connectivity index is 1.88. The van der Waals surface area contributed by atoms with Gasteiger partial charge in [0.05, 0.1) is 25.4 Å². The van der Waals surface area contributed by atoms with E-state index < -0.39 is 0 Å². The molecule has 0 saturated carbocycles. The van der Waals surface area contributed by atoms with Crippen LogP contribution < -0.4 is 0 Å². The molecule has 1 N–H and O–H groups in total. The van der Waals surface area contributed by atoms with Crippen LogP contribution in [-0.4, -0.2) is 27.8 Å². The molecule has 0 aliphatic carbocycles. The van der Waals surface area contributed by atoms with Crippen LogP contribution in [0.3, 0.4) is 0 Å². The highest BCUT2D eigenvalue weighted by atomic mass is 127. The van der Waals surface area contributed by atoms with E-state index in [2.05, 4.69) is 39.7 Å². The van der Waals surface area contributed by atoms with E-state index >= 15 is 0 Å². The van der Waals surface area contributed by atoms with E-state index in [-0.39, 0.29) is 6.09 Å². The van der Waals surface area contributed by atoms with Gasteiger partial charge >= 0.3 is 6.09 Å². The minimum absolute atomic E-state index is 0.228. The summed E-state index contributed by atoms with van der Waals surface area (Å²) in [6.07, 6.45) is 1.73. The number of H-pyrrole nitrogens is 1. The number of unbranched alkanes of at least 4 members (excludes halogenated alkanes) is 1. The van der Waals surface area contributed by atoms with Crippen molar-refractivity contribution in [3.63, 3.8) is 0 Å². The third-order valence-corrected chi connectivity index (χ3v) is 3.47. The number of amides is 1. The molecule has 1 aromatic rings. The molecule has 2 heterocycles. The number of carbonyl (C=O) groups excluding carboxylic acids is 1. The van der Waals surface area contributed by atoms with Crippen molar-refractivity contribution in [1.82, 2.24) is 15.1 Å². The van der Waals surface area contributed by atoms with Crippen molar-refractivity contribution in [2.75, 3.05) is 6.61 Å². The van der Waals surface area contributed by atoms with Crippen LogP contribution in [0.4, 0.5) is 4.79 Å². The largest absolute Gasteiger partial charge is 0.449 e. The smallest absolute Gasteiger partial charge is 0.410 e. The molecule has 0 bridgehead atoms. The summed E-state index contributed by atoms with van der Waals surface area (Å²) in [7, 11) is 0. The number of aromatic amines is 1. The summed E-state index contributed by atoms with van der Waals surface area (Å²) < 4.78 is 6.10. The van der Waals surface area contributed by atoms with E-state index in [0.717, 1.165) is 27.8 Å². The molecular formula is C10H14IN3O2. The van der Waals surface area contributed by atoms with Crippen LogP contribution in [0.1, 0.15) is 31.0 Å². The predicted molar refractivity (Wildman–Crippen MR) is 66.8 cm³/mol. The molecule has 0 atom stereocenters. The lowest BCUT2D eigenvalue weighted by molar-refractivity contribution is 0.0999. The first-order chi connectivity index (χ1) is 7.72. The molecule has 1 aliphatic rings. The lowest BCUT2D eigenvalue weighted by Crippen LogP contribution is -2.27. The molecule has 6 heteroatoms. The highest BCUT2D eigenvalue weighted by Crippen LogP contribution is 2.25. The van der Waals surface area contributed by atoms with Gasteiger partial charge in [-0.2, -0.15) is 5.10 Å². The van der Waals surface area contributed by atoms with Crippen LogP contribution in [0.2, 0.25) is 0 Å². The Labute approximate surface area is 108 Å². The van der Waals surface area contributed by atoms with Gasteiger partial charge in [0.15, 0.2) is 0 Å². The molecule has 0 spiro atoms. The number of hydrogen-bond acceptors (Lipinski definition) is 3. The zero-order chi connectivity index (χ0) is 11.5. The van der Waals surface area contributed by atoms with Gasteiger partial charge in [0.1, 0.15) is 3.70 Å². The average Bonchev–Trinajstić information content (AvgIpc) is 2.82. The fourth-order valence-electron chi connectivity index (χ4n) is 1.63. The minimum Gasteiger partial charge on any atom is -0.449 e. The van der Waals surface area contributed by atoms with Gasteiger partial charge in [0.2, 0.25) is 0 Å². The quantitative estimate of drug-likeness (QED) is 0.681. The number of nitrogens with one attached hydrogen (secondary N) is 1. The molecule has 5 nitrogen and oxygen atoms in total. The standard InChI is InChI=1S/C10H14IN3O2/c1-2-3-4-16-10(15)14-5-7-8(6-14)12-13-9(7)11/h2-6H2,1H3,(H,12,13). The van der Waals surface area contributed by atoms with Crippen molar-refractivity contribution >= 4 is 28.7 Å². The van der Waals surface area contributed by atoms with Crippen molar-refractivity contribution in [2.24, 2.45) is 0 Å². The van der Waals surface area contributed by atoms with Gasteiger partial charge in [-0.15, -0.1) is 0 Å². The first-order valence-corrected chi connectivity index (χ1v) is 6.43. The fourth-order valence-corrected chi connectivity index (χ4v) is 2.25. The molecule has 0 saturated heterocycles. The Morgan fingerprint density at radius 1 is 1.62 bits per heavy atom.